The molecule has 692 valence electrons. The van der Waals surface area contributed by atoms with Crippen LogP contribution in [-0.4, -0.2) is 160 Å². The largest absolute Gasteiger partial charge is 0.504 e. The topological polar surface area (TPSA) is 392 Å². The molecule has 8 aliphatic rings. The first-order chi connectivity index (χ1) is 64.3. The first kappa shape index (κ1) is 95.7. The van der Waals surface area contributed by atoms with Crippen molar-refractivity contribution in [2.75, 3.05) is 66.9 Å². The van der Waals surface area contributed by atoms with Crippen LogP contribution in [0.1, 0.15) is 178 Å². The molecular weight excluding hydrogens is 1830 g/mol. The van der Waals surface area contributed by atoms with E-state index in [-0.39, 0.29) is 196 Å². The highest BCUT2D eigenvalue weighted by molar-refractivity contribution is 9.08. The second-order valence-corrected chi connectivity index (χ2v) is 35.1. The average molecular weight is 1940 g/mol. The Hall–Kier alpha value is -13.4. The molecule has 0 radical (unpaired) electrons. The van der Waals surface area contributed by atoms with Crippen LogP contribution in [0.4, 0.5) is 45.5 Å². The van der Waals surface area contributed by atoms with E-state index in [1.807, 2.05) is 110 Å². The quantitative estimate of drug-likeness (QED) is 0.0193. The number of nitrogens with one attached hydrogen (secondary N) is 4. The number of rotatable bonds is 32. The number of para-hydroxylation sites is 3. The highest BCUT2D eigenvalue weighted by Gasteiger charge is 2.41. The van der Waals surface area contributed by atoms with Gasteiger partial charge in [0.15, 0.2) is 34.6 Å². The second kappa shape index (κ2) is 44.2. The molecule has 8 aromatic carbocycles. The molecule has 2 fully saturated rings. The zero-order chi connectivity index (χ0) is 94.1. The number of hydrogen-bond donors (Lipinski definition) is 5. The number of aromatic hydroxyl groups is 1. The maximum absolute atomic E-state index is 14.1. The van der Waals surface area contributed by atoms with Crippen LogP contribution in [0.5, 0.6) is 28.7 Å². The summed E-state index contributed by atoms with van der Waals surface area (Å²) in [6.45, 7) is 1.47. The number of carbonyl (C=O) groups is 13. The number of phenolic OH excluding ortho intramolecular Hbond substituents is 1. The summed E-state index contributed by atoms with van der Waals surface area (Å²) in [5.74, 6) is -2.36. The van der Waals surface area contributed by atoms with Crippen molar-refractivity contribution in [3.8, 4) is 28.7 Å². The van der Waals surface area contributed by atoms with Crippen molar-refractivity contribution < 1.29 is 95.9 Å². The first-order valence-electron chi connectivity index (χ1n) is 44.4. The minimum Gasteiger partial charge on any atom is -0.504 e. The molecular formula is C101H104Br2N10O20. The molecule has 0 spiro atoms. The Kier molecular flexibility index (Phi) is 31.8. The van der Waals surface area contributed by atoms with Crippen LogP contribution in [0.15, 0.2) is 161 Å². The molecule has 0 aromatic heterocycles. The Bertz CT molecular complexity index is 5930. The summed E-state index contributed by atoms with van der Waals surface area (Å²) in [7, 11) is 5.67. The average Bonchev–Trinajstić information content (AvgIpc) is 1.62. The molecule has 32 heteroatoms. The molecule has 0 unspecified atom stereocenters. The summed E-state index contributed by atoms with van der Waals surface area (Å²) < 4.78 is 33.3. The monoisotopic (exact) mass is 1930 g/mol. The van der Waals surface area contributed by atoms with Crippen molar-refractivity contribution in [1.29, 1.82) is 0 Å². The molecule has 7 amide bonds. The number of methoxy groups -OCH3 is 4. The van der Waals surface area contributed by atoms with E-state index in [0.717, 1.165) is 56.9 Å². The number of ketones is 4. The Morgan fingerprint density at radius 2 is 0.752 bits per heavy atom. The van der Waals surface area contributed by atoms with Gasteiger partial charge in [-0.2, -0.15) is 0 Å². The number of esters is 2. The Balaban J connectivity index is 0.000000203. The van der Waals surface area contributed by atoms with E-state index >= 15 is 0 Å². The third-order valence-corrected chi connectivity index (χ3v) is 26.3. The summed E-state index contributed by atoms with van der Waals surface area (Å²) in [4.78, 5) is 184. The summed E-state index contributed by atoms with van der Waals surface area (Å²) in [5.41, 5.74) is 13.8. The highest BCUT2D eigenvalue weighted by Crippen LogP contribution is 2.45. The summed E-state index contributed by atoms with van der Waals surface area (Å²) in [6, 6.07) is 44.1. The van der Waals surface area contributed by atoms with E-state index in [1.165, 1.54) is 34.5 Å². The van der Waals surface area contributed by atoms with Gasteiger partial charge in [-0.05, 0) is 170 Å². The normalized spacial score (nSPS) is 18.3. The highest BCUT2D eigenvalue weighted by atomic mass is 79.9. The van der Waals surface area contributed by atoms with Crippen molar-refractivity contribution in [3.63, 3.8) is 0 Å². The van der Waals surface area contributed by atoms with Crippen LogP contribution in [-0.2, 0) is 101 Å². The lowest BCUT2D eigenvalue weighted by Crippen LogP contribution is -2.37. The number of anilines is 5. The van der Waals surface area contributed by atoms with Gasteiger partial charge in [-0.15, -0.1) is 0 Å². The number of Topliss-reactive ketones (excluding diaryl/α,β-unsaturated/α-hetero) is 4. The van der Waals surface area contributed by atoms with Crippen LogP contribution in [0.25, 0.3) is 0 Å². The number of fused-ring (bicyclic) bond motifs is 12. The lowest BCUT2D eigenvalue weighted by atomic mass is 9.79. The van der Waals surface area contributed by atoms with Crippen molar-refractivity contribution in [3.05, 3.63) is 207 Å². The van der Waals surface area contributed by atoms with Gasteiger partial charge in [0.2, 0.25) is 23.6 Å². The molecule has 6 aliphatic heterocycles. The number of alkyl halides is 2. The van der Waals surface area contributed by atoms with E-state index < -0.39 is 11.8 Å². The number of carbonyl (C=O) groups excluding carboxylic acids is 13. The Morgan fingerprint density at radius 1 is 0.398 bits per heavy atom. The number of halogens is 2. The summed E-state index contributed by atoms with van der Waals surface area (Å²) in [5, 5.41) is 22.0. The third kappa shape index (κ3) is 23.4. The van der Waals surface area contributed by atoms with E-state index in [9.17, 15) is 67.4 Å². The van der Waals surface area contributed by atoms with Crippen molar-refractivity contribution in [1.82, 2.24) is 10.6 Å². The van der Waals surface area contributed by atoms with Gasteiger partial charge in [0.05, 0.1) is 105 Å². The van der Waals surface area contributed by atoms with Crippen molar-refractivity contribution >= 4 is 172 Å². The number of benzene rings is 8. The Morgan fingerprint density at radius 3 is 1.16 bits per heavy atom. The van der Waals surface area contributed by atoms with Crippen LogP contribution in [0, 0.1) is 30.6 Å². The van der Waals surface area contributed by atoms with Gasteiger partial charge in [-0.1, -0.05) is 92.5 Å². The molecule has 8 aromatic rings. The van der Waals surface area contributed by atoms with Gasteiger partial charge < -0.3 is 54.8 Å². The van der Waals surface area contributed by atoms with E-state index in [1.54, 1.807) is 69.6 Å². The number of ether oxygens (including phenoxy) is 6. The van der Waals surface area contributed by atoms with Gasteiger partial charge >= 0.3 is 11.9 Å². The molecule has 6 heterocycles. The molecule has 2 aliphatic carbocycles. The summed E-state index contributed by atoms with van der Waals surface area (Å²) >= 11 is 6.81. The minimum absolute atomic E-state index is 0.00142. The maximum atomic E-state index is 14.1. The van der Waals surface area contributed by atoms with Crippen molar-refractivity contribution in [2.24, 2.45) is 38.6 Å². The molecule has 30 nitrogen and oxygen atoms in total. The molecule has 16 rings (SSSR count). The van der Waals surface area contributed by atoms with Crippen LogP contribution in [0.2, 0.25) is 0 Å². The maximum Gasteiger partial charge on any atom is 0.308 e. The van der Waals surface area contributed by atoms with Crippen LogP contribution >= 0.6 is 31.9 Å². The fraction of sp³-hybridized carbons (Fsp3) is 0.366. The molecule has 0 bridgehead atoms. The number of amides is 7. The molecule has 5 N–H and O–H groups in total. The lowest BCUT2D eigenvalue weighted by Gasteiger charge is -2.25. The summed E-state index contributed by atoms with van der Waals surface area (Å²) in [6.07, 6.45) is 12.0. The fourth-order valence-corrected chi connectivity index (χ4v) is 18.7. The molecule has 133 heavy (non-hydrogen) atoms. The van der Waals surface area contributed by atoms with Gasteiger partial charge in [-0.25, -0.2) is 0 Å². The third-order valence-electron chi connectivity index (χ3n) is 25.0. The lowest BCUT2D eigenvalue weighted by molar-refractivity contribution is -0.148. The molecule has 3 atom stereocenters. The standard InChI is InChI=1S/C59H58N6O11.C25H32Br2N2O6.C17H14N2O3/c1-34-20-45-47(60-29-42-24-39-8-4-6-10-49(39)64(42)57(45)70)27-52(34)75-32-35-21-36(33-76-54-28-48-46(26-53(54)73-2)58(71)65-43(30-61-48)25-40-9-5-7-11-50(40)65)23-41(22-35)63-56(69)18-16-44(66)31-62-55(68)19-17-51(67)37-12-14-38(15-13-37)59(72)74-3;1-35-25(34)19-4-2-18(3-5-19)22(31)7-9-23(32)28-15-21(30)6-8-24(33)29-20-11-16(13-26)10-17(12-20)14-27;1-22-16-7-12-13(8-15(16)20)18-9-11-6-10-4-2-3-5-14(10)19(11)17(12)21/h4-11,20-23,26-30,37-38,42-43H,12-19,24-25,31-33H2,1-3H3,(H,62,68)(H,63,69);10-12,18-19H,2-9,13-15H2,1H3,(H,28,32)(H,29,33);2-5,7-9,11,20H,6H2,1H3/t37?,38?,42-,43-;;11-/m0.0/s1. The van der Waals surface area contributed by atoms with Crippen LogP contribution < -0.4 is 54.9 Å². The zero-order valence-corrected chi connectivity index (χ0v) is 77.6. The van der Waals surface area contributed by atoms with Gasteiger partial charge in [0.25, 0.3) is 17.7 Å². The predicted molar refractivity (Wildman–Crippen MR) is 507 cm³/mol. The van der Waals surface area contributed by atoms with Gasteiger partial charge in [0, 0.05) is 158 Å². The fourth-order valence-electron chi connectivity index (χ4n) is 18.0. The van der Waals surface area contributed by atoms with Crippen LogP contribution in [0.3, 0.4) is 0 Å². The van der Waals surface area contributed by atoms with E-state index in [2.05, 4.69) is 58.1 Å². The van der Waals surface area contributed by atoms with Gasteiger partial charge in [0.1, 0.15) is 30.5 Å². The Labute approximate surface area is 786 Å². The number of aryl methyl sites for hydroxylation is 1. The predicted octanol–water partition coefficient (Wildman–Crippen LogP) is 15.4. The second-order valence-electron chi connectivity index (χ2n) is 34.0. The van der Waals surface area contributed by atoms with E-state index in [4.69, 9.17) is 38.4 Å². The van der Waals surface area contributed by atoms with E-state index in [0.29, 0.717) is 148 Å². The SMILES string of the molecule is COC(=O)C1CCC(C(=O)CCC(=O)NCC(=O)CCC(=O)Nc2cc(CBr)cc(CBr)c2)CC1.COC(=O)C1CCC(C(=O)CCC(=O)NCC(=O)CCC(=O)Nc2cc(COc3cc4c(cc3C)C(=O)N3c5ccccc5C[C@H]3C=N4)cc(COc3cc4c(cc3OC)C(=O)N3c5ccccc5C[C@H]3C=N4)c2)CC1.COc1cc2c(cc1O)N=C[C@@H]1Cc3ccccc3N1C2=O. The number of aliphatic imine (C=N–C) groups is 3. The number of hydrogen-bond acceptors (Lipinski definition) is 23. The number of nitrogens with zero attached hydrogens (tertiary/aromatic N) is 6. The van der Waals surface area contributed by atoms with Crippen molar-refractivity contribution in [2.45, 2.75) is 171 Å². The minimum atomic E-state index is -0.442. The number of phenols is 1. The smallest absolute Gasteiger partial charge is 0.308 e. The first-order valence-corrected chi connectivity index (χ1v) is 46.7. The van der Waals surface area contributed by atoms with Gasteiger partial charge in [-0.3, -0.25) is 92.0 Å². The molecule has 0 saturated heterocycles. The zero-order valence-electron chi connectivity index (χ0n) is 74.5. The molecule has 2 saturated carbocycles.